The van der Waals surface area contributed by atoms with Gasteiger partial charge >= 0.3 is 5.97 Å². The molecule has 0 radical (unpaired) electrons. The second-order valence-electron chi connectivity index (χ2n) is 5.06. The van der Waals surface area contributed by atoms with Gasteiger partial charge in [0.15, 0.2) is 0 Å². The van der Waals surface area contributed by atoms with Gasteiger partial charge in [-0.3, -0.25) is 9.59 Å². The summed E-state index contributed by atoms with van der Waals surface area (Å²) in [6, 6.07) is 13.0. The van der Waals surface area contributed by atoms with E-state index in [0.717, 1.165) is 10.8 Å². The first kappa shape index (κ1) is 15.0. The smallest absolute Gasteiger partial charge is 0.305 e. The van der Waals surface area contributed by atoms with Crippen LogP contribution in [0.5, 0.6) is 0 Å². The summed E-state index contributed by atoms with van der Waals surface area (Å²) in [6.07, 6.45) is -0.0512. The molecule has 0 aromatic heterocycles. The topological polar surface area (TPSA) is 57.6 Å². The molecule has 1 amide bonds. The number of amides is 1. The molecular weight excluding hydrogens is 266 g/mol. The van der Waals surface area contributed by atoms with Gasteiger partial charge in [0.1, 0.15) is 0 Å². The predicted octanol–water partition coefficient (Wildman–Crippen LogP) is 3.17. The maximum atomic E-state index is 12.7. The van der Waals surface area contributed by atoms with Crippen molar-refractivity contribution >= 4 is 22.6 Å². The van der Waals surface area contributed by atoms with Gasteiger partial charge in [-0.25, -0.2) is 0 Å². The summed E-state index contributed by atoms with van der Waals surface area (Å²) in [5.74, 6) is -1.02. The van der Waals surface area contributed by atoms with Crippen LogP contribution in [-0.2, 0) is 4.79 Å². The zero-order valence-electron chi connectivity index (χ0n) is 12.2. The lowest BCUT2D eigenvalue weighted by atomic mass is 10.0. The zero-order chi connectivity index (χ0) is 15.4. The van der Waals surface area contributed by atoms with Gasteiger partial charge in [-0.1, -0.05) is 36.4 Å². The first-order chi connectivity index (χ1) is 10.0. The Morgan fingerprint density at radius 3 is 2.48 bits per heavy atom. The largest absolute Gasteiger partial charge is 0.481 e. The molecule has 4 heteroatoms. The lowest BCUT2D eigenvalue weighted by Gasteiger charge is -2.27. The average Bonchev–Trinajstić information content (AvgIpc) is 2.46. The van der Waals surface area contributed by atoms with E-state index < -0.39 is 5.97 Å². The molecule has 1 N–H and O–H groups in total. The molecule has 0 saturated heterocycles. The number of benzene rings is 2. The van der Waals surface area contributed by atoms with E-state index in [1.165, 1.54) is 0 Å². The number of carboxylic acids is 1. The van der Waals surface area contributed by atoms with Gasteiger partial charge < -0.3 is 10.0 Å². The van der Waals surface area contributed by atoms with Gasteiger partial charge in [-0.15, -0.1) is 0 Å². The van der Waals surface area contributed by atoms with Crippen LogP contribution in [0.25, 0.3) is 10.8 Å². The minimum atomic E-state index is -0.897. The molecule has 0 saturated carbocycles. The average molecular weight is 285 g/mol. The molecule has 110 valence electrons. The van der Waals surface area contributed by atoms with Crippen molar-refractivity contribution in [1.29, 1.82) is 0 Å². The van der Waals surface area contributed by atoms with Gasteiger partial charge in [0.2, 0.25) is 0 Å². The van der Waals surface area contributed by atoms with Crippen LogP contribution in [-0.4, -0.2) is 34.5 Å². The molecule has 0 heterocycles. The van der Waals surface area contributed by atoms with Gasteiger partial charge in [0, 0.05) is 18.2 Å². The Labute approximate surface area is 124 Å². The first-order valence-corrected chi connectivity index (χ1v) is 7.05. The molecule has 21 heavy (non-hydrogen) atoms. The number of aliphatic carboxylic acids is 1. The number of carbonyl (C=O) groups excluding carboxylic acids is 1. The van der Waals surface area contributed by atoms with Crippen LogP contribution in [0.3, 0.4) is 0 Å². The summed E-state index contributed by atoms with van der Waals surface area (Å²) in [5.41, 5.74) is 0.618. The highest BCUT2D eigenvalue weighted by Crippen LogP contribution is 2.21. The van der Waals surface area contributed by atoms with Crippen LogP contribution < -0.4 is 0 Å². The van der Waals surface area contributed by atoms with E-state index in [1.807, 2.05) is 43.3 Å². The fourth-order valence-corrected chi connectivity index (χ4v) is 2.58. The molecule has 0 aliphatic carbocycles. The van der Waals surface area contributed by atoms with Crippen LogP contribution in [0.4, 0.5) is 0 Å². The van der Waals surface area contributed by atoms with Gasteiger partial charge in [-0.05, 0) is 30.7 Å². The highest BCUT2D eigenvalue weighted by molar-refractivity contribution is 6.07. The van der Waals surface area contributed by atoms with Crippen LogP contribution in [0, 0.1) is 0 Å². The quantitative estimate of drug-likeness (QED) is 0.918. The number of carbonyl (C=O) groups is 2. The fourth-order valence-electron chi connectivity index (χ4n) is 2.58. The highest BCUT2D eigenvalue weighted by atomic mass is 16.4. The SMILES string of the molecule is CCN(C(=O)c1cccc2ccccc12)C(C)CC(=O)O. The van der Waals surface area contributed by atoms with Gasteiger partial charge in [0.05, 0.1) is 6.42 Å². The summed E-state index contributed by atoms with van der Waals surface area (Å²) in [5, 5.41) is 10.8. The lowest BCUT2D eigenvalue weighted by Crippen LogP contribution is -2.39. The predicted molar refractivity (Wildman–Crippen MR) is 82.4 cm³/mol. The summed E-state index contributed by atoms with van der Waals surface area (Å²) >= 11 is 0. The molecule has 0 bridgehead atoms. The Balaban J connectivity index is 2.38. The molecule has 1 atom stereocenters. The van der Waals surface area contributed by atoms with Crippen LogP contribution >= 0.6 is 0 Å². The van der Waals surface area contributed by atoms with Gasteiger partial charge in [-0.2, -0.15) is 0 Å². The van der Waals surface area contributed by atoms with Crippen LogP contribution in [0.15, 0.2) is 42.5 Å². The third kappa shape index (κ3) is 3.21. The third-order valence-corrected chi connectivity index (χ3v) is 3.62. The van der Waals surface area contributed by atoms with Crippen LogP contribution in [0.1, 0.15) is 30.6 Å². The molecular formula is C17H19NO3. The van der Waals surface area contributed by atoms with E-state index in [-0.39, 0.29) is 18.4 Å². The van der Waals surface area contributed by atoms with Crippen molar-refractivity contribution in [2.75, 3.05) is 6.54 Å². The summed E-state index contributed by atoms with van der Waals surface area (Å²) in [4.78, 5) is 25.2. The Morgan fingerprint density at radius 1 is 1.14 bits per heavy atom. The lowest BCUT2D eigenvalue weighted by molar-refractivity contribution is -0.138. The second-order valence-corrected chi connectivity index (χ2v) is 5.06. The summed E-state index contributed by atoms with van der Waals surface area (Å²) < 4.78 is 0. The molecule has 1 unspecified atom stereocenters. The maximum absolute atomic E-state index is 12.7. The Kier molecular flexibility index (Phi) is 4.58. The van der Waals surface area contributed by atoms with Crippen molar-refractivity contribution < 1.29 is 14.7 Å². The first-order valence-electron chi connectivity index (χ1n) is 7.05. The van der Waals surface area contributed by atoms with E-state index in [0.29, 0.717) is 12.1 Å². The van der Waals surface area contributed by atoms with E-state index in [2.05, 4.69) is 0 Å². The third-order valence-electron chi connectivity index (χ3n) is 3.62. The monoisotopic (exact) mass is 285 g/mol. The van der Waals surface area contributed by atoms with Crippen molar-refractivity contribution in [1.82, 2.24) is 4.90 Å². The maximum Gasteiger partial charge on any atom is 0.305 e. The summed E-state index contributed by atoms with van der Waals surface area (Å²) in [6.45, 7) is 4.11. The molecule has 2 aromatic carbocycles. The van der Waals surface area contributed by atoms with E-state index in [1.54, 1.807) is 17.9 Å². The number of hydrogen-bond donors (Lipinski definition) is 1. The van der Waals surface area contributed by atoms with E-state index in [9.17, 15) is 9.59 Å². The van der Waals surface area contributed by atoms with E-state index in [4.69, 9.17) is 5.11 Å². The Bertz CT molecular complexity index is 661. The molecule has 0 fully saturated rings. The summed E-state index contributed by atoms with van der Waals surface area (Å²) in [7, 11) is 0. The number of nitrogens with zero attached hydrogens (tertiary/aromatic N) is 1. The van der Waals surface area contributed by atoms with Crippen molar-refractivity contribution in [3.05, 3.63) is 48.0 Å². The fraction of sp³-hybridized carbons (Fsp3) is 0.294. The van der Waals surface area contributed by atoms with E-state index >= 15 is 0 Å². The van der Waals surface area contributed by atoms with Crippen LogP contribution in [0.2, 0.25) is 0 Å². The number of fused-ring (bicyclic) bond motifs is 1. The molecule has 4 nitrogen and oxygen atoms in total. The molecule has 0 aliphatic rings. The standard InChI is InChI=1S/C17H19NO3/c1-3-18(12(2)11-16(19)20)17(21)15-10-6-8-13-7-4-5-9-14(13)15/h4-10,12H,3,11H2,1-2H3,(H,19,20). The normalized spacial score (nSPS) is 12.1. The molecule has 2 aromatic rings. The number of hydrogen-bond acceptors (Lipinski definition) is 2. The minimum absolute atomic E-state index is 0.0512. The minimum Gasteiger partial charge on any atom is -0.481 e. The molecule has 0 spiro atoms. The Morgan fingerprint density at radius 2 is 1.81 bits per heavy atom. The molecule has 0 aliphatic heterocycles. The van der Waals surface area contributed by atoms with Crippen molar-refractivity contribution in [2.45, 2.75) is 26.3 Å². The van der Waals surface area contributed by atoms with Gasteiger partial charge in [0.25, 0.3) is 5.91 Å². The number of carboxylic acid groups (broad SMARTS) is 1. The highest BCUT2D eigenvalue weighted by Gasteiger charge is 2.23. The van der Waals surface area contributed by atoms with Crippen molar-refractivity contribution in [2.24, 2.45) is 0 Å². The molecule has 2 rings (SSSR count). The Hall–Kier alpha value is -2.36. The van der Waals surface area contributed by atoms with Crippen molar-refractivity contribution in [3.8, 4) is 0 Å². The second kappa shape index (κ2) is 6.39. The number of rotatable bonds is 5. The van der Waals surface area contributed by atoms with Crippen molar-refractivity contribution in [3.63, 3.8) is 0 Å². The zero-order valence-corrected chi connectivity index (χ0v) is 12.2.